The number of nitrogens with zero attached hydrogens (tertiary/aromatic N) is 2. The van der Waals surface area contributed by atoms with Crippen LogP contribution >= 0.6 is 0 Å². The number of hydrogen-bond acceptors (Lipinski definition) is 3. The van der Waals surface area contributed by atoms with Crippen molar-refractivity contribution in [3.8, 4) is 0 Å². The molecule has 2 N–H and O–H groups in total. The molecule has 0 saturated carbocycles. The number of nitrogens with one attached hydrogen (secondary N) is 1. The molecule has 7 heteroatoms. The first-order chi connectivity index (χ1) is 9.25. The van der Waals surface area contributed by atoms with E-state index in [1.54, 1.807) is 21.0 Å². The summed E-state index contributed by atoms with van der Waals surface area (Å²) in [5.74, 6) is -1.32. The van der Waals surface area contributed by atoms with Gasteiger partial charge in [0.15, 0.2) is 0 Å². The second-order valence-electron chi connectivity index (χ2n) is 5.50. The summed E-state index contributed by atoms with van der Waals surface area (Å²) in [6.07, 6.45) is 1.56. The third-order valence-electron chi connectivity index (χ3n) is 3.60. The van der Waals surface area contributed by atoms with Crippen LogP contribution in [0, 0.1) is 5.92 Å². The van der Waals surface area contributed by atoms with Gasteiger partial charge in [0.05, 0.1) is 0 Å². The van der Waals surface area contributed by atoms with E-state index < -0.39 is 24.1 Å². The van der Waals surface area contributed by atoms with Crippen molar-refractivity contribution < 1.29 is 19.5 Å². The van der Waals surface area contributed by atoms with Crippen LogP contribution in [0.4, 0.5) is 4.79 Å². The summed E-state index contributed by atoms with van der Waals surface area (Å²) in [5.41, 5.74) is 0. The van der Waals surface area contributed by atoms with E-state index in [0.717, 1.165) is 12.8 Å². The Bertz CT molecular complexity index is 397. The fourth-order valence-corrected chi connectivity index (χ4v) is 2.51. The molecule has 1 heterocycles. The average Bonchev–Trinajstić information content (AvgIpc) is 2.36. The highest BCUT2D eigenvalue weighted by atomic mass is 16.4. The maximum atomic E-state index is 12.2. The Labute approximate surface area is 118 Å². The van der Waals surface area contributed by atoms with Crippen LogP contribution in [0.2, 0.25) is 0 Å². The molecule has 0 radical (unpaired) electrons. The lowest BCUT2D eigenvalue weighted by Crippen LogP contribution is -2.57. The molecule has 1 fully saturated rings. The van der Waals surface area contributed by atoms with Crippen molar-refractivity contribution in [2.24, 2.45) is 5.92 Å². The summed E-state index contributed by atoms with van der Waals surface area (Å²) in [6, 6.07) is -2.00. The second-order valence-corrected chi connectivity index (χ2v) is 5.50. The van der Waals surface area contributed by atoms with Gasteiger partial charge in [0.25, 0.3) is 0 Å². The van der Waals surface area contributed by atoms with Gasteiger partial charge >= 0.3 is 12.0 Å². The number of likely N-dealkylation sites (N-methyl/N-ethyl adjacent to an activating group) is 1. The molecule has 114 valence electrons. The average molecular weight is 285 g/mol. The van der Waals surface area contributed by atoms with Crippen LogP contribution in [0.3, 0.4) is 0 Å². The summed E-state index contributed by atoms with van der Waals surface area (Å²) < 4.78 is 0. The van der Waals surface area contributed by atoms with E-state index >= 15 is 0 Å². The predicted molar refractivity (Wildman–Crippen MR) is 73.2 cm³/mol. The molecule has 3 atom stereocenters. The maximum Gasteiger partial charge on any atom is 0.326 e. The van der Waals surface area contributed by atoms with Crippen LogP contribution in [-0.2, 0) is 9.59 Å². The lowest BCUT2D eigenvalue weighted by atomic mass is 9.91. The van der Waals surface area contributed by atoms with Crippen LogP contribution in [0.25, 0.3) is 0 Å². The van der Waals surface area contributed by atoms with Crippen LogP contribution in [0.15, 0.2) is 0 Å². The molecule has 20 heavy (non-hydrogen) atoms. The quantitative estimate of drug-likeness (QED) is 0.783. The lowest BCUT2D eigenvalue weighted by Gasteiger charge is -2.37. The van der Waals surface area contributed by atoms with Gasteiger partial charge in [-0.15, -0.1) is 0 Å². The Balaban J connectivity index is 2.74. The van der Waals surface area contributed by atoms with Gasteiger partial charge in [0.1, 0.15) is 12.1 Å². The molecule has 1 saturated heterocycles. The summed E-state index contributed by atoms with van der Waals surface area (Å²) >= 11 is 0. The van der Waals surface area contributed by atoms with E-state index in [1.807, 2.05) is 6.92 Å². The van der Waals surface area contributed by atoms with Crippen molar-refractivity contribution in [3.63, 3.8) is 0 Å². The molecular formula is C13H23N3O4. The highest BCUT2D eigenvalue weighted by Crippen LogP contribution is 2.23. The summed E-state index contributed by atoms with van der Waals surface area (Å²) in [6.45, 7) is 3.81. The van der Waals surface area contributed by atoms with Gasteiger partial charge in [0.2, 0.25) is 5.91 Å². The smallest absolute Gasteiger partial charge is 0.326 e. The van der Waals surface area contributed by atoms with Crippen molar-refractivity contribution in [1.29, 1.82) is 0 Å². The zero-order chi connectivity index (χ0) is 15.4. The molecule has 0 aromatic carbocycles. The molecule has 7 nitrogen and oxygen atoms in total. The van der Waals surface area contributed by atoms with E-state index in [1.165, 1.54) is 9.80 Å². The Morgan fingerprint density at radius 1 is 1.35 bits per heavy atom. The molecule has 0 aromatic heterocycles. The molecule has 1 aliphatic heterocycles. The summed E-state index contributed by atoms with van der Waals surface area (Å²) in [5, 5.41) is 11.8. The van der Waals surface area contributed by atoms with Crippen LogP contribution in [0.5, 0.6) is 0 Å². The summed E-state index contributed by atoms with van der Waals surface area (Å²) in [4.78, 5) is 37.9. The van der Waals surface area contributed by atoms with Gasteiger partial charge in [-0.1, -0.05) is 6.92 Å². The largest absolute Gasteiger partial charge is 0.480 e. The van der Waals surface area contributed by atoms with Crippen molar-refractivity contribution in [2.45, 2.75) is 38.8 Å². The molecule has 0 aliphatic carbocycles. The topological polar surface area (TPSA) is 90.0 Å². The molecule has 3 amide bonds. The monoisotopic (exact) mass is 285 g/mol. The zero-order valence-electron chi connectivity index (χ0n) is 12.4. The zero-order valence-corrected chi connectivity index (χ0v) is 12.4. The van der Waals surface area contributed by atoms with Crippen molar-refractivity contribution in [1.82, 2.24) is 15.1 Å². The Hall–Kier alpha value is -1.79. The van der Waals surface area contributed by atoms with E-state index in [0.29, 0.717) is 6.54 Å². The van der Waals surface area contributed by atoms with Crippen molar-refractivity contribution in [2.75, 3.05) is 20.6 Å². The minimum absolute atomic E-state index is 0.0909. The van der Waals surface area contributed by atoms with Crippen molar-refractivity contribution in [3.05, 3.63) is 0 Å². The molecule has 0 aromatic rings. The first-order valence-electron chi connectivity index (χ1n) is 6.76. The van der Waals surface area contributed by atoms with Gasteiger partial charge in [-0.05, 0) is 25.7 Å². The summed E-state index contributed by atoms with van der Waals surface area (Å²) in [7, 11) is 3.21. The number of rotatable bonds is 3. The predicted octanol–water partition coefficient (Wildman–Crippen LogP) is 0.358. The highest BCUT2D eigenvalue weighted by molar-refractivity contribution is 5.88. The second kappa shape index (κ2) is 6.58. The first-order valence-corrected chi connectivity index (χ1v) is 6.76. The molecule has 0 bridgehead atoms. The minimum atomic E-state index is -1.00. The standard InChI is InChI=1S/C13H23N3O4/c1-8-6-5-7-16(10(8)12(18)19)13(20)14-9(2)11(17)15(3)4/h8-10H,5-7H2,1-4H3,(H,14,20)(H,18,19). The number of likely N-dealkylation sites (tertiary alicyclic amines) is 1. The number of carbonyl (C=O) groups excluding carboxylic acids is 2. The molecule has 0 spiro atoms. The number of hydrogen-bond donors (Lipinski definition) is 2. The van der Waals surface area contributed by atoms with Gasteiger partial charge in [0, 0.05) is 20.6 Å². The SMILES string of the molecule is CC(NC(=O)N1CCCC(C)C1C(=O)O)C(=O)N(C)C. The van der Waals surface area contributed by atoms with Crippen LogP contribution in [0.1, 0.15) is 26.7 Å². The Morgan fingerprint density at radius 3 is 2.45 bits per heavy atom. The van der Waals surface area contributed by atoms with Crippen LogP contribution < -0.4 is 5.32 Å². The number of carboxylic acids is 1. The van der Waals surface area contributed by atoms with E-state index in [-0.39, 0.29) is 11.8 Å². The first kappa shape index (κ1) is 16.3. The van der Waals surface area contributed by atoms with Crippen LogP contribution in [-0.4, -0.2) is 65.5 Å². The Morgan fingerprint density at radius 2 is 1.95 bits per heavy atom. The fourth-order valence-electron chi connectivity index (χ4n) is 2.51. The van der Waals surface area contributed by atoms with E-state index in [9.17, 15) is 19.5 Å². The molecule has 3 unspecified atom stereocenters. The normalized spacial score (nSPS) is 23.9. The maximum absolute atomic E-state index is 12.2. The number of carboxylic acid groups (broad SMARTS) is 1. The number of piperidine rings is 1. The van der Waals surface area contributed by atoms with E-state index in [4.69, 9.17) is 0 Å². The molecular weight excluding hydrogens is 262 g/mol. The number of amides is 3. The minimum Gasteiger partial charge on any atom is -0.480 e. The van der Waals surface area contributed by atoms with Gasteiger partial charge in [-0.2, -0.15) is 0 Å². The third kappa shape index (κ3) is 3.61. The number of aliphatic carboxylic acids is 1. The van der Waals surface area contributed by atoms with Gasteiger partial charge in [-0.25, -0.2) is 9.59 Å². The number of carbonyl (C=O) groups is 3. The molecule has 1 aliphatic rings. The molecule has 1 rings (SSSR count). The third-order valence-corrected chi connectivity index (χ3v) is 3.60. The number of urea groups is 1. The highest BCUT2D eigenvalue weighted by Gasteiger charge is 2.37. The van der Waals surface area contributed by atoms with Gasteiger partial charge < -0.3 is 20.2 Å². The van der Waals surface area contributed by atoms with Crippen molar-refractivity contribution >= 4 is 17.9 Å². The fraction of sp³-hybridized carbons (Fsp3) is 0.769. The van der Waals surface area contributed by atoms with E-state index in [2.05, 4.69) is 5.32 Å². The lowest BCUT2D eigenvalue weighted by molar-refractivity contribution is -0.145. The van der Waals surface area contributed by atoms with Gasteiger partial charge in [-0.3, -0.25) is 4.79 Å². The Kier molecular flexibility index (Phi) is 5.35.